The van der Waals surface area contributed by atoms with Gasteiger partial charge in [-0.15, -0.1) is 22.7 Å². The maximum Gasteiger partial charge on any atom is 0.266 e. The SMILES string of the molecule is O=C(/C=c1\[nH]c(=O)/c(=C\c2sc(N3CCCCC3)nc2-c2cccs2)s1)c1ccco1. The number of H-pyrrole nitrogens is 1. The van der Waals surface area contributed by atoms with E-state index in [0.29, 0.717) is 9.20 Å². The minimum Gasteiger partial charge on any atom is -0.461 e. The second-order valence-corrected chi connectivity index (χ2v) is 10.2. The summed E-state index contributed by atoms with van der Waals surface area (Å²) < 4.78 is 6.17. The molecule has 5 heterocycles. The molecule has 0 spiro atoms. The Balaban J connectivity index is 1.56. The topological polar surface area (TPSA) is 79.2 Å². The van der Waals surface area contributed by atoms with E-state index in [9.17, 15) is 9.59 Å². The Morgan fingerprint density at radius 2 is 2.03 bits per heavy atom. The minimum absolute atomic E-state index is 0.214. The quantitative estimate of drug-likeness (QED) is 0.451. The van der Waals surface area contributed by atoms with Gasteiger partial charge in [-0.1, -0.05) is 17.4 Å². The fraction of sp³-hybridized carbons (Fsp3) is 0.227. The van der Waals surface area contributed by atoms with Crippen LogP contribution in [0, 0.1) is 0 Å². The molecule has 4 aromatic heterocycles. The highest BCUT2D eigenvalue weighted by atomic mass is 32.1. The molecule has 0 atom stereocenters. The molecule has 158 valence electrons. The summed E-state index contributed by atoms with van der Waals surface area (Å²) >= 11 is 4.51. The predicted octanol–water partition coefficient (Wildman–Crippen LogP) is 3.70. The van der Waals surface area contributed by atoms with Gasteiger partial charge in [0.25, 0.3) is 5.56 Å². The van der Waals surface area contributed by atoms with Crippen molar-refractivity contribution in [3.05, 3.63) is 66.1 Å². The number of ketones is 1. The highest BCUT2D eigenvalue weighted by Crippen LogP contribution is 2.36. The van der Waals surface area contributed by atoms with Crippen molar-refractivity contribution in [1.82, 2.24) is 9.97 Å². The van der Waals surface area contributed by atoms with Gasteiger partial charge in [-0.25, -0.2) is 4.98 Å². The van der Waals surface area contributed by atoms with Gasteiger partial charge in [0.05, 0.1) is 25.2 Å². The van der Waals surface area contributed by atoms with Crippen molar-refractivity contribution in [3.63, 3.8) is 0 Å². The highest BCUT2D eigenvalue weighted by Gasteiger charge is 2.19. The standard InChI is InChI=1S/C22H19N3O3S3/c26-14(15-6-4-10-28-15)12-19-23-21(27)18(30-19)13-17-20(16-7-5-11-29-16)24-22(31-17)25-8-2-1-3-9-25/h4-7,10-13H,1-3,8-9H2,(H,23,27)/b18-13+,19-12+. The molecule has 0 aliphatic carbocycles. The van der Waals surface area contributed by atoms with Crippen molar-refractivity contribution < 1.29 is 9.21 Å². The number of Topliss-reactive ketones (excluding diaryl/α,β-unsaturated/α-hetero) is 1. The van der Waals surface area contributed by atoms with Gasteiger partial charge in [-0.3, -0.25) is 9.59 Å². The third-order valence-corrected chi connectivity index (χ3v) is 7.89. The number of carbonyl (C=O) groups excluding carboxylic acids is 1. The smallest absolute Gasteiger partial charge is 0.266 e. The summed E-state index contributed by atoms with van der Waals surface area (Å²) in [5, 5.41) is 3.03. The summed E-state index contributed by atoms with van der Waals surface area (Å²) in [4.78, 5) is 36.9. The second kappa shape index (κ2) is 8.78. The molecular weight excluding hydrogens is 450 g/mol. The number of piperidine rings is 1. The van der Waals surface area contributed by atoms with E-state index >= 15 is 0 Å². The summed E-state index contributed by atoms with van der Waals surface area (Å²) in [6.07, 6.45) is 8.36. The number of nitrogens with zero attached hydrogens (tertiary/aromatic N) is 2. The Morgan fingerprint density at radius 1 is 1.16 bits per heavy atom. The lowest BCUT2D eigenvalue weighted by Gasteiger charge is -2.25. The van der Waals surface area contributed by atoms with E-state index in [4.69, 9.17) is 9.40 Å². The van der Waals surface area contributed by atoms with Crippen molar-refractivity contribution in [1.29, 1.82) is 0 Å². The molecule has 1 N–H and O–H groups in total. The normalized spacial score (nSPS) is 15.7. The average Bonchev–Trinajstić information content (AvgIpc) is 3.57. The van der Waals surface area contributed by atoms with Crippen molar-refractivity contribution in [3.8, 4) is 10.6 Å². The van der Waals surface area contributed by atoms with E-state index < -0.39 is 0 Å². The van der Waals surface area contributed by atoms with Crippen LogP contribution in [0.3, 0.4) is 0 Å². The second-order valence-electron chi connectivity index (χ2n) is 7.15. The number of thiophene rings is 1. The fourth-order valence-corrected chi connectivity index (χ4v) is 6.29. The molecular formula is C22H19N3O3S3. The molecule has 1 aliphatic heterocycles. The van der Waals surface area contributed by atoms with E-state index in [1.165, 1.54) is 42.9 Å². The van der Waals surface area contributed by atoms with Gasteiger partial charge in [0.15, 0.2) is 10.9 Å². The predicted molar refractivity (Wildman–Crippen MR) is 127 cm³/mol. The molecule has 1 fully saturated rings. The monoisotopic (exact) mass is 469 g/mol. The average molecular weight is 470 g/mol. The number of thiazole rings is 2. The van der Waals surface area contributed by atoms with Crippen LogP contribution in [-0.2, 0) is 0 Å². The molecule has 5 rings (SSSR count). The first-order valence-corrected chi connectivity index (χ1v) is 12.5. The van der Waals surface area contributed by atoms with Gasteiger partial charge in [-0.2, -0.15) is 0 Å². The molecule has 9 heteroatoms. The summed E-state index contributed by atoms with van der Waals surface area (Å²) in [6.45, 7) is 2.04. The van der Waals surface area contributed by atoms with Gasteiger partial charge in [0, 0.05) is 19.2 Å². The van der Waals surface area contributed by atoms with Gasteiger partial charge < -0.3 is 14.3 Å². The summed E-state index contributed by atoms with van der Waals surface area (Å²) in [7, 11) is 0. The van der Waals surface area contributed by atoms with Crippen LogP contribution in [-0.4, -0.2) is 28.8 Å². The van der Waals surface area contributed by atoms with Gasteiger partial charge in [0.1, 0.15) is 5.69 Å². The van der Waals surface area contributed by atoms with Crippen LogP contribution in [0.2, 0.25) is 0 Å². The van der Waals surface area contributed by atoms with Crippen LogP contribution in [0.5, 0.6) is 0 Å². The zero-order valence-corrected chi connectivity index (χ0v) is 18.9. The molecule has 4 aromatic rings. The Labute approximate surface area is 189 Å². The van der Waals surface area contributed by atoms with Crippen molar-refractivity contribution in [2.75, 3.05) is 18.0 Å². The number of hydrogen-bond acceptors (Lipinski definition) is 8. The first-order chi connectivity index (χ1) is 15.2. The maximum absolute atomic E-state index is 12.6. The number of nitrogens with one attached hydrogen (secondary N) is 1. The summed E-state index contributed by atoms with van der Waals surface area (Å²) in [6, 6.07) is 7.32. The van der Waals surface area contributed by atoms with E-state index in [1.807, 2.05) is 17.5 Å². The molecule has 0 aromatic carbocycles. The number of aromatic nitrogens is 2. The molecule has 31 heavy (non-hydrogen) atoms. The lowest BCUT2D eigenvalue weighted by Crippen LogP contribution is -2.29. The lowest BCUT2D eigenvalue weighted by atomic mass is 10.1. The third kappa shape index (κ3) is 4.34. The number of furan rings is 1. The van der Waals surface area contributed by atoms with Gasteiger partial charge in [0.2, 0.25) is 5.78 Å². The fourth-order valence-electron chi connectivity index (χ4n) is 3.48. The molecule has 1 aliphatic rings. The Morgan fingerprint density at radius 3 is 2.77 bits per heavy atom. The van der Waals surface area contributed by atoms with Crippen molar-refractivity contribution in [2.24, 2.45) is 0 Å². The molecule has 0 saturated carbocycles. The summed E-state index contributed by atoms with van der Waals surface area (Å²) in [5.74, 6) is -0.0353. The van der Waals surface area contributed by atoms with Crippen molar-refractivity contribution >= 4 is 57.1 Å². The zero-order valence-electron chi connectivity index (χ0n) is 16.5. The maximum atomic E-state index is 12.6. The van der Waals surface area contributed by atoms with Gasteiger partial charge >= 0.3 is 0 Å². The van der Waals surface area contributed by atoms with Crippen LogP contribution in [0.4, 0.5) is 5.13 Å². The number of hydrogen-bond donors (Lipinski definition) is 1. The minimum atomic E-state index is -0.279. The van der Waals surface area contributed by atoms with E-state index in [-0.39, 0.29) is 17.1 Å². The molecule has 0 amide bonds. The van der Waals surface area contributed by atoms with Gasteiger partial charge in [-0.05, 0) is 48.9 Å². The Bertz CT molecular complexity index is 1360. The van der Waals surface area contributed by atoms with Crippen LogP contribution in [0.15, 0.2) is 45.1 Å². The zero-order chi connectivity index (χ0) is 21.2. The van der Waals surface area contributed by atoms with E-state index in [2.05, 4.69) is 16.0 Å². The Hall–Kier alpha value is -2.75. The van der Waals surface area contributed by atoms with E-state index in [1.54, 1.807) is 34.8 Å². The molecule has 6 nitrogen and oxygen atoms in total. The molecule has 0 radical (unpaired) electrons. The first-order valence-electron chi connectivity index (χ1n) is 9.97. The van der Waals surface area contributed by atoms with Crippen molar-refractivity contribution in [2.45, 2.75) is 19.3 Å². The number of anilines is 1. The molecule has 0 bridgehead atoms. The van der Waals surface area contributed by atoms with Crippen LogP contribution < -0.4 is 19.7 Å². The molecule has 1 saturated heterocycles. The van der Waals surface area contributed by atoms with Crippen LogP contribution in [0.1, 0.15) is 34.7 Å². The number of rotatable bonds is 5. The third-order valence-electron chi connectivity index (χ3n) is 4.99. The van der Waals surface area contributed by atoms with E-state index in [0.717, 1.165) is 33.7 Å². The van der Waals surface area contributed by atoms with Crippen LogP contribution in [0.25, 0.3) is 22.7 Å². The summed E-state index contributed by atoms with van der Waals surface area (Å²) in [5.41, 5.74) is 0.694. The lowest BCUT2D eigenvalue weighted by molar-refractivity contribution is 0.103. The highest BCUT2D eigenvalue weighted by molar-refractivity contribution is 7.18. The largest absolute Gasteiger partial charge is 0.461 e. The number of carbonyl (C=O) groups is 1. The Kier molecular flexibility index (Phi) is 5.71. The molecule has 0 unspecified atom stereocenters. The number of aromatic amines is 1. The van der Waals surface area contributed by atoms with Crippen LogP contribution >= 0.6 is 34.0 Å². The first kappa shape index (κ1) is 20.2.